The van der Waals surface area contributed by atoms with E-state index in [-0.39, 0.29) is 5.91 Å². The Bertz CT molecular complexity index is 1470. The first-order valence-corrected chi connectivity index (χ1v) is 12.8. The zero-order chi connectivity index (χ0) is 25.8. The van der Waals surface area contributed by atoms with Crippen molar-refractivity contribution in [2.24, 2.45) is 0 Å². The number of carbonyl (C=O) groups is 1. The third kappa shape index (κ3) is 5.28. The number of benzene rings is 2. The van der Waals surface area contributed by atoms with Crippen molar-refractivity contribution < 1.29 is 14.3 Å². The van der Waals surface area contributed by atoms with Crippen LogP contribution in [0.25, 0.3) is 23.0 Å². The number of pyridine rings is 1. The van der Waals surface area contributed by atoms with Crippen LogP contribution in [0.1, 0.15) is 11.1 Å². The van der Waals surface area contributed by atoms with Crippen LogP contribution in [0, 0.1) is 0 Å². The van der Waals surface area contributed by atoms with Gasteiger partial charge in [0.1, 0.15) is 10.0 Å². The lowest BCUT2D eigenvalue weighted by Gasteiger charge is -2.15. The van der Waals surface area contributed by atoms with E-state index in [1.54, 1.807) is 31.5 Å². The monoisotopic (exact) mass is 528 g/mol. The normalized spacial score (nSPS) is 14.4. The van der Waals surface area contributed by atoms with Crippen LogP contribution in [0.5, 0.6) is 11.5 Å². The number of amides is 1. The quantitative estimate of drug-likeness (QED) is 0.224. The first-order valence-electron chi connectivity index (χ1n) is 11.6. The van der Waals surface area contributed by atoms with Gasteiger partial charge in [0.05, 0.1) is 24.8 Å². The molecule has 1 amide bonds. The average molecular weight is 529 g/mol. The van der Waals surface area contributed by atoms with Crippen LogP contribution >= 0.6 is 24.0 Å². The number of hydrogen-bond acceptors (Lipinski definition) is 7. The van der Waals surface area contributed by atoms with Crippen molar-refractivity contribution in [2.75, 3.05) is 20.8 Å². The molecule has 37 heavy (non-hydrogen) atoms. The van der Waals surface area contributed by atoms with E-state index in [0.717, 1.165) is 28.1 Å². The van der Waals surface area contributed by atoms with Crippen molar-refractivity contribution >= 4 is 40.3 Å². The van der Waals surface area contributed by atoms with Gasteiger partial charge in [-0.3, -0.25) is 14.7 Å². The summed E-state index contributed by atoms with van der Waals surface area (Å²) in [5.74, 6) is 1.22. The smallest absolute Gasteiger partial charge is 0.266 e. The van der Waals surface area contributed by atoms with Crippen LogP contribution in [0.2, 0.25) is 0 Å². The van der Waals surface area contributed by atoms with Gasteiger partial charge in [0.25, 0.3) is 5.91 Å². The Morgan fingerprint density at radius 2 is 1.76 bits per heavy atom. The fourth-order valence-corrected chi connectivity index (χ4v) is 5.35. The Balaban J connectivity index is 1.41. The van der Waals surface area contributed by atoms with Crippen molar-refractivity contribution in [3.05, 3.63) is 95.3 Å². The summed E-state index contributed by atoms with van der Waals surface area (Å²) in [6.45, 7) is 0.470. The number of nitrogens with zero attached hydrogens (tertiary/aromatic N) is 4. The summed E-state index contributed by atoms with van der Waals surface area (Å²) in [6, 6.07) is 19.4. The Kier molecular flexibility index (Phi) is 7.34. The summed E-state index contributed by atoms with van der Waals surface area (Å²) in [5.41, 5.74) is 4.47. The lowest BCUT2D eigenvalue weighted by Crippen LogP contribution is -2.30. The lowest BCUT2D eigenvalue weighted by molar-refractivity contribution is -0.122. The zero-order valence-electron chi connectivity index (χ0n) is 20.3. The molecule has 1 fully saturated rings. The number of aromatic nitrogens is 3. The highest BCUT2D eigenvalue weighted by Crippen LogP contribution is 2.35. The van der Waals surface area contributed by atoms with Crippen molar-refractivity contribution in [2.45, 2.75) is 6.42 Å². The number of methoxy groups -OCH3 is 2. The molecular formula is C28H24N4O3S2. The van der Waals surface area contributed by atoms with Gasteiger partial charge in [-0.25, -0.2) is 4.68 Å². The number of carbonyl (C=O) groups excluding carboxylic acids is 1. The highest BCUT2D eigenvalue weighted by molar-refractivity contribution is 8.26. The van der Waals surface area contributed by atoms with Crippen LogP contribution in [-0.2, 0) is 11.2 Å². The maximum atomic E-state index is 13.4. The van der Waals surface area contributed by atoms with Crippen LogP contribution in [0.4, 0.5) is 0 Å². The highest BCUT2D eigenvalue weighted by Gasteiger charge is 2.32. The highest BCUT2D eigenvalue weighted by atomic mass is 32.2. The Labute approximate surface area is 224 Å². The first kappa shape index (κ1) is 24.7. The van der Waals surface area contributed by atoms with E-state index in [0.29, 0.717) is 33.7 Å². The van der Waals surface area contributed by atoms with Gasteiger partial charge in [0, 0.05) is 36.3 Å². The first-order chi connectivity index (χ1) is 18.1. The van der Waals surface area contributed by atoms with Gasteiger partial charge < -0.3 is 9.47 Å². The van der Waals surface area contributed by atoms with Gasteiger partial charge in [-0.15, -0.1) is 0 Å². The summed E-state index contributed by atoms with van der Waals surface area (Å²) >= 11 is 6.89. The average Bonchev–Trinajstić information content (AvgIpc) is 3.48. The maximum Gasteiger partial charge on any atom is 0.266 e. The molecule has 0 atom stereocenters. The van der Waals surface area contributed by atoms with Crippen molar-refractivity contribution in [3.8, 4) is 28.4 Å². The summed E-state index contributed by atoms with van der Waals surface area (Å²) in [6.07, 6.45) is 7.90. The molecule has 4 aromatic rings. The van der Waals surface area contributed by atoms with Gasteiger partial charge in [-0.1, -0.05) is 48.2 Å². The fourth-order valence-electron chi connectivity index (χ4n) is 4.05. The second-order valence-corrected chi connectivity index (χ2v) is 9.90. The van der Waals surface area contributed by atoms with Crippen LogP contribution < -0.4 is 9.47 Å². The second kappa shape index (κ2) is 11.0. The predicted octanol–water partition coefficient (Wildman–Crippen LogP) is 5.40. The van der Waals surface area contributed by atoms with Gasteiger partial charge in [-0.05, 0) is 54.5 Å². The summed E-state index contributed by atoms with van der Waals surface area (Å²) in [4.78, 5) is 19.7. The third-order valence-corrected chi connectivity index (χ3v) is 7.33. The molecule has 186 valence electrons. The molecule has 0 N–H and O–H groups in total. The van der Waals surface area contributed by atoms with Crippen LogP contribution in [0.15, 0.2) is 84.2 Å². The van der Waals surface area contributed by atoms with Gasteiger partial charge in [-0.2, -0.15) is 5.10 Å². The standard InChI is InChI=1S/C28H24N4O3S2/c1-34-23-9-8-19(16-24(23)35-2)12-15-31-27(33)25(37-28(31)36)17-21-18-32(22-6-4-3-5-7-22)30-26(21)20-10-13-29-14-11-20/h3-11,13-14,16-18H,12,15H2,1-2H3/b25-17-. The van der Waals surface area contributed by atoms with Crippen molar-refractivity contribution in [1.29, 1.82) is 0 Å². The SMILES string of the molecule is COc1ccc(CCN2C(=O)/C(=C/c3cn(-c4ccccc4)nc3-c3ccncc3)SC2=S)cc1OC. The van der Waals surface area contributed by atoms with Gasteiger partial charge in [0.15, 0.2) is 11.5 Å². The molecule has 1 aliphatic heterocycles. The Morgan fingerprint density at radius 3 is 2.49 bits per heavy atom. The minimum absolute atomic E-state index is 0.108. The molecule has 2 aromatic heterocycles. The molecule has 9 heteroatoms. The summed E-state index contributed by atoms with van der Waals surface area (Å²) in [7, 11) is 3.21. The van der Waals surface area contributed by atoms with Gasteiger partial charge in [0.2, 0.25) is 0 Å². The topological polar surface area (TPSA) is 69.5 Å². The summed E-state index contributed by atoms with van der Waals surface area (Å²) < 4.78 is 13.1. The molecule has 0 radical (unpaired) electrons. The molecule has 0 spiro atoms. The van der Waals surface area contributed by atoms with Crippen molar-refractivity contribution in [3.63, 3.8) is 0 Å². The molecule has 7 nitrogen and oxygen atoms in total. The minimum Gasteiger partial charge on any atom is -0.493 e. The van der Waals surface area contributed by atoms with Crippen molar-refractivity contribution in [1.82, 2.24) is 19.7 Å². The third-order valence-electron chi connectivity index (χ3n) is 5.95. The number of para-hydroxylation sites is 1. The molecule has 1 aliphatic rings. The van der Waals surface area contributed by atoms with Crippen LogP contribution in [-0.4, -0.2) is 50.7 Å². The van der Waals surface area contributed by atoms with E-state index in [1.807, 2.05) is 77.6 Å². The van der Waals surface area contributed by atoms with E-state index in [4.69, 9.17) is 26.8 Å². The van der Waals surface area contributed by atoms with E-state index >= 15 is 0 Å². The number of hydrogen-bond donors (Lipinski definition) is 0. The minimum atomic E-state index is -0.108. The second-order valence-electron chi connectivity index (χ2n) is 8.22. The zero-order valence-corrected chi connectivity index (χ0v) is 22.0. The Hall–Kier alpha value is -3.95. The number of thioether (sulfide) groups is 1. The maximum absolute atomic E-state index is 13.4. The predicted molar refractivity (Wildman–Crippen MR) is 150 cm³/mol. The molecule has 0 saturated carbocycles. The molecule has 0 bridgehead atoms. The molecule has 1 saturated heterocycles. The molecule has 3 heterocycles. The molecule has 0 unspecified atom stereocenters. The van der Waals surface area contributed by atoms with Crippen LogP contribution in [0.3, 0.4) is 0 Å². The van der Waals surface area contributed by atoms with Gasteiger partial charge >= 0.3 is 0 Å². The van der Waals surface area contributed by atoms with E-state index in [1.165, 1.54) is 11.8 Å². The molecule has 0 aliphatic carbocycles. The molecule has 5 rings (SSSR count). The fraction of sp³-hybridized carbons (Fsp3) is 0.143. The van der Waals surface area contributed by atoms with E-state index in [2.05, 4.69) is 4.98 Å². The number of rotatable bonds is 8. The van der Waals surface area contributed by atoms with E-state index in [9.17, 15) is 4.79 Å². The molecular weight excluding hydrogens is 504 g/mol. The molecule has 2 aromatic carbocycles. The number of ether oxygens (including phenoxy) is 2. The largest absolute Gasteiger partial charge is 0.493 e. The lowest BCUT2D eigenvalue weighted by atomic mass is 10.1. The number of thiocarbonyl (C=S) groups is 1. The summed E-state index contributed by atoms with van der Waals surface area (Å²) in [5, 5.41) is 4.82. The van der Waals surface area contributed by atoms with E-state index < -0.39 is 0 Å². The Morgan fingerprint density at radius 1 is 1.00 bits per heavy atom.